The largest absolute Gasteiger partial charge is 0.352 e. The summed E-state index contributed by atoms with van der Waals surface area (Å²) in [6.45, 7) is 1.81. The van der Waals surface area contributed by atoms with Crippen molar-refractivity contribution < 1.29 is 17.2 Å². The Morgan fingerprint density at radius 2 is 1.50 bits per heavy atom. The van der Waals surface area contributed by atoms with Gasteiger partial charge in [-0.05, 0) is 0 Å². The molecular formula is C3H14N3+3. The lowest BCUT2D eigenvalue weighted by molar-refractivity contribution is -0.536. The van der Waals surface area contributed by atoms with Gasteiger partial charge in [0, 0.05) is 0 Å². The SMILES string of the molecule is [NH3+]CC([NH3+])C[NH3+]. The maximum atomic E-state index is 3.75. The van der Waals surface area contributed by atoms with Gasteiger partial charge in [-0.1, -0.05) is 0 Å². The third-order valence-corrected chi connectivity index (χ3v) is 0.816. The zero-order valence-corrected chi connectivity index (χ0v) is 4.11. The van der Waals surface area contributed by atoms with E-state index in [0.29, 0.717) is 6.04 Å². The Balaban J connectivity index is 2.75. The van der Waals surface area contributed by atoms with E-state index in [0.717, 1.165) is 13.1 Å². The monoisotopic (exact) mass is 92.1 g/mol. The average Bonchev–Trinajstić information content (AvgIpc) is 1.65. The average molecular weight is 92.2 g/mol. The molecule has 0 aliphatic carbocycles. The lowest BCUT2D eigenvalue weighted by Gasteiger charge is -1.90. The third-order valence-electron chi connectivity index (χ3n) is 0.816. The summed E-state index contributed by atoms with van der Waals surface area (Å²) in [7, 11) is 0. The van der Waals surface area contributed by atoms with Gasteiger partial charge in [-0.15, -0.1) is 0 Å². The Hall–Kier alpha value is -0.120. The van der Waals surface area contributed by atoms with Crippen molar-refractivity contribution in [1.82, 2.24) is 0 Å². The van der Waals surface area contributed by atoms with Crippen molar-refractivity contribution in [3.63, 3.8) is 0 Å². The van der Waals surface area contributed by atoms with Crippen molar-refractivity contribution in [2.45, 2.75) is 6.04 Å². The Morgan fingerprint density at radius 1 is 1.17 bits per heavy atom. The van der Waals surface area contributed by atoms with Gasteiger partial charge in [0.25, 0.3) is 0 Å². The van der Waals surface area contributed by atoms with Crippen LogP contribution in [0, 0.1) is 0 Å². The van der Waals surface area contributed by atoms with E-state index >= 15 is 0 Å². The van der Waals surface area contributed by atoms with E-state index in [-0.39, 0.29) is 0 Å². The molecule has 0 unspecified atom stereocenters. The Bertz CT molecular complexity index is 25.2. The lowest BCUT2D eigenvalue weighted by atomic mass is 10.3. The Labute approximate surface area is 37.5 Å². The topological polar surface area (TPSA) is 82.9 Å². The van der Waals surface area contributed by atoms with Crippen LogP contribution in [0.4, 0.5) is 0 Å². The molecule has 0 rings (SSSR count). The number of quaternary nitrogens is 3. The fraction of sp³-hybridized carbons (Fsp3) is 1.00. The number of rotatable bonds is 2. The first-order chi connectivity index (χ1) is 2.81. The van der Waals surface area contributed by atoms with Gasteiger partial charge in [-0.3, -0.25) is 0 Å². The predicted molar refractivity (Wildman–Crippen MR) is 22.2 cm³/mol. The van der Waals surface area contributed by atoms with E-state index < -0.39 is 0 Å². The molecule has 0 aliphatic rings. The van der Waals surface area contributed by atoms with E-state index in [2.05, 4.69) is 17.2 Å². The van der Waals surface area contributed by atoms with Crippen LogP contribution in [0.3, 0.4) is 0 Å². The molecule has 0 heterocycles. The second kappa shape index (κ2) is 3.08. The van der Waals surface area contributed by atoms with Crippen molar-refractivity contribution in [3.05, 3.63) is 0 Å². The van der Waals surface area contributed by atoms with Crippen LogP contribution in [0.2, 0.25) is 0 Å². The molecule has 0 amide bonds. The molecule has 3 nitrogen and oxygen atoms in total. The van der Waals surface area contributed by atoms with Gasteiger partial charge in [-0.25, -0.2) is 0 Å². The van der Waals surface area contributed by atoms with Crippen LogP contribution in [0.1, 0.15) is 0 Å². The van der Waals surface area contributed by atoms with Crippen molar-refractivity contribution in [3.8, 4) is 0 Å². The molecule has 0 aliphatic heterocycles. The van der Waals surface area contributed by atoms with Gasteiger partial charge >= 0.3 is 0 Å². The van der Waals surface area contributed by atoms with E-state index in [4.69, 9.17) is 0 Å². The Morgan fingerprint density at radius 3 is 1.50 bits per heavy atom. The molecule has 0 aromatic carbocycles. The minimum atomic E-state index is 0.463. The lowest BCUT2D eigenvalue weighted by Crippen LogP contribution is -2.80. The second-order valence-electron chi connectivity index (χ2n) is 1.44. The molecule has 0 radical (unpaired) electrons. The van der Waals surface area contributed by atoms with Crippen molar-refractivity contribution in [2.24, 2.45) is 0 Å². The van der Waals surface area contributed by atoms with Gasteiger partial charge in [0.05, 0.1) is 0 Å². The van der Waals surface area contributed by atoms with Gasteiger partial charge in [0.2, 0.25) is 0 Å². The van der Waals surface area contributed by atoms with Gasteiger partial charge in [-0.2, -0.15) is 0 Å². The molecule has 0 fully saturated rings. The highest BCUT2D eigenvalue weighted by Gasteiger charge is 2.00. The first-order valence-electron chi connectivity index (χ1n) is 2.22. The zero-order valence-electron chi connectivity index (χ0n) is 4.11. The molecule has 0 atom stereocenters. The molecule has 0 aromatic heterocycles. The van der Waals surface area contributed by atoms with Crippen LogP contribution in [0.15, 0.2) is 0 Å². The third kappa shape index (κ3) is 2.14. The standard InChI is InChI=1S/C3H11N3/c4-1-3(6)2-5/h3H,1-2,4-6H2/p+3. The summed E-state index contributed by atoms with van der Waals surface area (Å²) in [5.74, 6) is 0. The second-order valence-corrected chi connectivity index (χ2v) is 1.44. The van der Waals surface area contributed by atoms with Crippen LogP contribution in [0.25, 0.3) is 0 Å². The fourth-order valence-corrected chi connectivity index (χ4v) is 0.144. The molecule has 0 spiro atoms. The maximum absolute atomic E-state index is 3.75. The van der Waals surface area contributed by atoms with Crippen molar-refractivity contribution in [1.29, 1.82) is 0 Å². The fourth-order valence-electron chi connectivity index (χ4n) is 0.144. The highest BCUT2D eigenvalue weighted by molar-refractivity contribution is 4.39. The van der Waals surface area contributed by atoms with E-state index in [1.54, 1.807) is 0 Å². The molecule has 9 N–H and O–H groups in total. The minimum Gasteiger partial charge on any atom is -0.352 e. The predicted octanol–water partition coefficient (Wildman–Crippen LogP) is -3.92. The summed E-state index contributed by atoms with van der Waals surface area (Å²) < 4.78 is 0. The van der Waals surface area contributed by atoms with Crippen LogP contribution in [0.5, 0.6) is 0 Å². The normalized spacial score (nSPS) is 10.0. The summed E-state index contributed by atoms with van der Waals surface area (Å²) in [6.07, 6.45) is 0. The van der Waals surface area contributed by atoms with Crippen LogP contribution in [-0.4, -0.2) is 19.1 Å². The van der Waals surface area contributed by atoms with Crippen LogP contribution < -0.4 is 17.2 Å². The summed E-state index contributed by atoms with van der Waals surface area (Å²) in [4.78, 5) is 0. The highest BCUT2D eigenvalue weighted by Crippen LogP contribution is 1.50. The molecule has 38 valence electrons. The van der Waals surface area contributed by atoms with Crippen LogP contribution >= 0.6 is 0 Å². The first-order valence-corrected chi connectivity index (χ1v) is 2.22. The Kier molecular flexibility index (Phi) is 3.02. The van der Waals surface area contributed by atoms with Gasteiger partial charge in [0.15, 0.2) is 6.04 Å². The summed E-state index contributed by atoms with van der Waals surface area (Å²) in [5, 5.41) is 0. The van der Waals surface area contributed by atoms with Crippen molar-refractivity contribution in [2.75, 3.05) is 13.1 Å². The van der Waals surface area contributed by atoms with Gasteiger partial charge in [0.1, 0.15) is 13.1 Å². The van der Waals surface area contributed by atoms with Crippen molar-refractivity contribution >= 4 is 0 Å². The number of hydrogen-bond acceptors (Lipinski definition) is 0. The van der Waals surface area contributed by atoms with E-state index in [9.17, 15) is 0 Å². The maximum Gasteiger partial charge on any atom is 0.183 e. The van der Waals surface area contributed by atoms with E-state index in [1.807, 2.05) is 0 Å². The minimum absolute atomic E-state index is 0.463. The molecule has 0 saturated heterocycles. The summed E-state index contributed by atoms with van der Waals surface area (Å²) in [6, 6.07) is 0.463. The molecule has 0 saturated carbocycles. The molecule has 6 heavy (non-hydrogen) atoms. The highest BCUT2D eigenvalue weighted by atomic mass is 14.8. The van der Waals surface area contributed by atoms with E-state index in [1.165, 1.54) is 0 Å². The quantitative estimate of drug-likeness (QED) is 0.311. The van der Waals surface area contributed by atoms with Gasteiger partial charge < -0.3 is 17.2 Å². The molecule has 0 bridgehead atoms. The molecular weight excluding hydrogens is 78.1 g/mol. The van der Waals surface area contributed by atoms with Crippen LogP contribution in [-0.2, 0) is 0 Å². The summed E-state index contributed by atoms with van der Waals surface area (Å²) in [5.41, 5.74) is 11.1. The smallest absolute Gasteiger partial charge is 0.183 e. The first kappa shape index (κ1) is 5.88. The zero-order chi connectivity index (χ0) is 4.99. The number of hydrogen-bond donors (Lipinski definition) is 3. The molecule has 3 heteroatoms. The summed E-state index contributed by atoms with van der Waals surface area (Å²) >= 11 is 0. The molecule has 0 aromatic rings.